The quantitative estimate of drug-likeness (QED) is 0.802. The third-order valence-corrected chi connectivity index (χ3v) is 4.63. The first kappa shape index (κ1) is 19.1. The van der Waals surface area contributed by atoms with Gasteiger partial charge in [0.05, 0.1) is 22.7 Å². The van der Waals surface area contributed by atoms with Crippen LogP contribution in [0.4, 0.5) is 17.6 Å². The molecule has 1 aromatic carbocycles. The summed E-state index contributed by atoms with van der Waals surface area (Å²) < 4.78 is 78.4. The number of nitrogens with zero attached hydrogens (tertiary/aromatic N) is 2. The molecule has 0 atom stereocenters. The second-order valence-electron chi connectivity index (χ2n) is 5.07. The van der Waals surface area contributed by atoms with Crippen LogP contribution in [0.25, 0.3) is 0 Å². The van der Waals surface area contributed by atoms with E-state index in [4.69, 9.17) is 0 Å². The molecule has 0 saturated heterocycles. The summed E-state index contributed by atoms with van der Waals surface area (Å²) in [7, 11) is -4.31. The Bertz CT molecular complexity index is 939. The Hall–Kier alpha value is -2.27. The zero-order valence-corrected chi connectivity index (χ0v) is 13.7. The minimum atomic E-state index is -5.02. The summed E-state index contributed by atoms with van der Waals surface area (Å²) in [6, 6.07) is 4.12. The summed E-state index contributed by atoms with van der Waals surface area (Å²) in [4.78, 5) is 10.8. The van der Waals surface area contributed by atoms with Gasteiger partial charge in [0.2, 0.25) is 10.0 Å². The van der Waals surface area contributed by atoms with E-state index in [9.17, 15) is 30.8 Å². The molecule has 2 aromatic rings. The zero-order valence-electron chi connectivity index (χ0n) is 12.8. The standard InChI is InChI=1S/C14H13F4N3O3S/c1-9-2-5-13(22)21(20-9)7-6-19-25(23,24)10-3-4-12(15)11(8-10)14(16,17)18/h2-5,8,19H,6-7H2,1H3. The normalized spacial score (nSPS) is 12.4. The first-order valence-electron chi connectivity index (χ1n) is 6.92. The fraction of sp³-hybridized carbons (Fsp3) is 0.286. The average Bonchev–Trinajstić information content (AvgIpc) is 2.49. The van der Waals surface area contributed by atoms with Crippen molar-refractivity contribution in [3.05, 3.63) is 57.8 Å². The molecule has 0 amide bonds. The van der Waals surface area contributed by atoms with Crippen LogP contribution < -0.4 is 10.3 Å². The van der Waals surface area contributed by atoms with Gasteiger partial charge in [0.25, 0.3) is 5.56 Å². The maximum atomic E-state index is 13.2. The molecular weight excluding hydrogens is 366 g/mol. The number of halogens is 4. The Kier molecular flexibility index (Phi) is 5.28. The van der Waals surface area contributed by atoms with Crippen molar-refractivity contribution in [1.29, 1.82) is 0 Å². The van der Waals surface area contributed by atoms with Gasteiger partial charge in [-0.2, -0.15) is 18.3 Å². The predicted octanol–water partition coefficient (Wildman–Crippen LogP) is 1.69. The highest BCUT2D eigenvalue weighted by atomic mass is 32.2. The second-order valence-corrected chi connectivity index (χ2v) is 6.84. The lowest BCUT2D eigenvalue weighted by Gasteiger charge is -2.11. The molecule has 0 fully saturated rings. The Morgan fingerprint density at radius 1 is 1.20 bits per heavy atom. The second kappa shape index (κ2) is 6.92. The van der Waals surface area contributed by atoms with Crippen LogP contribution in [0.5, 0.6) is 0 Å². The van der Waals surface area contributed by atoms with Crippen LogP contribution in [0, 0.1) is 12.7 Å². The van der Waals surface area contributed by atoms with E-state index in [1.807, 2.05) is 0 Å². The highest BCUT2D eigenvalue weighted by molar-refractivity contribution is 7.89. The smallest absolute Gasteiger partial charge is 0.268 e. The molecule has 6 nitrogen and oxygen atoms in total. The van der Waals surface area contributed by atoms with Crippen LogP contribution in [-0.2, 0) is 22.7 Å². The predicted molar refractivity (Wildman–Crippen MR) is 79.8 cm³/mol. The number of nitrogens with one attached hydrogen (secondary N) is 1. The molecule has 0 bridgehead atoms. The van der Waals surface area contributed by atoms with Gasteiger partial charge in [0.15, 0.2) is 0 Å². The summed E-state index contributed by atoms with van der Waals surface area (Å²) in [5, 5.41) is 3.89. The Morgan fingerprint density at radius 2 is 1.88 bits per heavy atom. The summed E-state index contributed by atoms with van der Waals surface area (Å²) in [5.41, 5.74) is -1.59. The van der Waals surface area contributed by atoms with Gasteiger partial charge in [-0.3, -0.25) is 4.79 Å². The zero-order chi connectivity index (χ0) is 18.8. The van der Waals surface area contributed by atoms with Gasteiger partial charge in [-0.25, -0.2) is 22.2 Å². The van der Waals surface area contributed by atoms with Gasteiger partial charge in [-0.1, -0.05) is 0 Å². The van der Waals surface area contributed by atoms with Crippen molar-refractivity contribution in [2.75, 3.05) is 6.54 Å². The molecule has 1 heterocycles. The highest BCUT2D eigenvalue weighted by Crippen LogP contribution is 2.32. The van der Waals surface area contributed by atoms with Gasteiger partial charge >= 0.3 is 6.18 Å². The highest BCUT2D eigenvalue weighted by Gasteiger charge is 2.35. The molecule has 0 saturated carbocycles. The molecule has 0 aliphatic carbocycles. The van der Waals surface area contributed by atoms with E-state index in [2.05, 4.69) is 9.82 Å². The third kappa shape index (κ3) is 4.63. The summed E-state index contributed by atoms with van der Waals surface area (Å²) in [6.45, 7) is 1.24. The number of sulfonamides is 1. The van der Waals surface area contributed by atoms with Gasteiger partial charge in [0.1, 0.15) is 5.82 Å². The Balaban J connectivity index is 2.17. The Morgan fingerprint density at radius 3 is 2.52 bits per heavy atom. The van der Waals surface area contributed by atoms with E-state index in [-0.39, 0.29) is 19.2 Å². The molecule has 0 aliphatic rings. The van der Waals surface area contributed by atoms with Crippen molar-refractivity contribution in [2.24, 2.45) is 0 Å². The molecule has 25 heavy (non-hydrogen) atoms. The van der Waals surface area contributed by atoms with E-state index in [1.165, 1.54) is 12.1 Å². The maximum absolute atomic E-state index is 13.2. The maximum Gasteiger partial charge on any atom is 0.419 e. The van der Waals surface area contributed by atoms with Crippen molar-refractivity contribution in [1.82, 2.24) is 14.5 Å². The van der Waals surface area contributed by atoms with Crippen LogP contribution in [0.1, 0.15) is 11.3 Å². The molecule has 136 valence electrons. The van der Waals surface area contributed by atoms with Gasteiger partial charge in [-0.15, -0.1) is 0 Å². The molecule has 1 N–H and O–H groups in total. The van der Waals surface area contributed by atoms with Gasteiger partial charge in [-0.05, 0) is 31.2 Å². The van der Waals surface area contributed by atoms with Crippen LogP contribution in [0.2, 0.25) is 0 Å². The van der Waals surface area contributed by atoms with Crippen molar-refractivity contribution < 1.29 is 26.0 Å². The van der Waals surface area contributed by atoms with Gasteiger partial charge in [0, 0.05) is 12.6 Å². The monoisotopic (exact) mass is 379 g/mol. The van der Waals surface area contributed by atoms with Crippen LogP contribution in [0.15, 0.2) is 40.0 Å². The molecular formula is C14H13F4N3O3S. The molecule has 0 unspecified atom stereocenters. The number of aromatic nitrogens is 2. The van der Waals surface area contributed by atoms with E-state index >= 15 is 0 Å². The number of aryl methyl sites for hydroxylation is 1. The van der Waals surface area contributed by atoms with Crippen molar-refractivity contribution in [2.45, 2.75) is 24.5 Å². The van der Waals surface area contributed by atoms with Crippen LogP contribution >= 0.6 is 0 Å². The molecule has 0 spiro atoms. The molecule has 1 aromatic heterocycles. The third-order valence-electron chi connectivity index (χ3n) is 3.17. The van der Waals surface area contributed by atoms with E-state index in [1.54, 1.807) is 6.92 Å². The number of hydrogen-bond donors (Lipinski definition) is 1. The Labute approximate surface area is 140 Å². The number of hydrogen-bond acceptors (Lipinski definition) is 4. The summed E-state index contributed by atoms with van der Waals surface area (Å²) in [5.74, 6) is -1.57. The lowest BCUT2D eigenvalue weighted by atomic mass is 10.2. The van der Waals surface area contributed by atoms with Crippen LogP contribution in [0.3, 0.4) is 0 Å². The molecule has 0 radical (unpaired) electrons. The van der Waals surface area contributed by atoms with Crippen molar-refractivity contribution >= 4 is 10.0 Å². The fourth-order valence-electron chi connectivity index (χ4n) is 1.97. The number of rotatable bonds is 5. The lowest BCUT2D eigenvalue weighted by Crippen LogP contribution is -2.32. The van der Waals surface area contributed by atoms with Gasteiger partial charge < -0.3 is 0 Å². The summed E-state index contributed by atoms with van der Waals surface area (Å²) in [6.07, 6.45) is -5.02. The SMILES string of the molecule is Cc1ccc(=O)n(CCNS(=O)(=O)c2ccc(F)c(C(F)(F)F)c2)n1. The van der Waals surface area contributed by atoms with E-state index in [0.717, 1.165) is 10.7 Å². The van der Waals surface area contributed by atoms with Crippen molar-refractivity contribution in [3.63, 3.8) is 0 Å². The molecule has 2 rings (SSSR count). The average molecular weight is 379 g/mol. The first-order chi connectivity index (χ1) is 11.5. The number of alkyl halides is 3. The minimum Gasteiger partial charge on any atom is -0.268 e. The van der Waals surface area contributed by atoms with Crippen molar-refractivity contribution in [3.8, 4) is 0 Å². The minimum absolute atomic E-state index is 0.118. The lowest BCUT2D eigenvalue weighted by molar-refractivity contribution is -0.140. The fourth-order valence-corrected chi connectivity index (χ4v) is 3.02. The largest absolute Gasteiger partial charge is 0.419 e. The first-order valence-corrected chi connectivity index (χ1v) is 8.40. The summed E-state index contributed by atoms with van der Waals surface area (Å²) >= 11 is 0. The topological polar surface area (TPSA) is 81.1 Å². The number of benzene rings is 1. The molecule has 0 aliphatic heterocycles. The van der Waals surface area contributed by atoms with E-state index in [0.29, 0.717) is 11.8 Å². The van der Waals surface area contributed by atoms with E-state index < -0.39 is 38.0 Å². The molecule has 11 heteroatoms. The van der Waals surface area contributed by atoms with Crippen LogP contribution in [-0.4, -0.2) is 24.7 Å².